The molecule has 0 aliphatic heterocycles. The molecule has 5 heteroatoms. The lowest BCUT2D eigenvalue weighted by Gasteiger charge is -2.13. The molecule has 1 heterocycles. The predicted octanol–water partition coefficient (Wildman–Crippen LogP) is 2.38. The molecular formula is C15H20FN3O. The fraction of sp³-hybridized carbons (Fsp3) is 0.400. The molecule has 20 heavy (non-hydrogen) atoms. The van der Waals surface area contributed by atoms with Gasteiger partial charge in [0.25, 0.3) is 0 Å². The first-order valence-electron chi connectivity index (χ1n) is 6.77. The van der Waals surface area contributed by atoms with Crippen LogP contribution in [0.25, 0.3) is 0 Å². The highest BCUT2D eigenvalue weighted by Crippen LogP contribution is 2.21. The highest BCUT2D eigenvalue weighted by molar-refractivity contribution is 5.34. The molecular weight excluding hydrogens is 257 g/mol. The van der Waals surface area contributed by atoms with Crippen LogP contribution in [-0.4, -0.2) is 22.2 Å². The molecule has 0 aliphatic rings. The molecule has 2 rings (SSSR count). The fourth-order valence-electron chi connectivity index (χ4n) is 2.04. The van der Waals surface area contributed by atoms with E-state index in [4.69, 9.17) is 10.5 Å². The van der Waals surface area contributed by atoms with E-state index in [1.807, 2.05) is 17.7 Å². The van der Waals surface area contributed by atoms with Gasteiger partial charge in [-0.2, -0.15) is 0 Å². The van der Waals surface area contributed by atoms with Crippen molar-refractivity contribution in [3.05, 3.63) is 48.3 Å². The molecule has 0 spiro atoms. The van der Waals surface area contributed by atoms with Crippen LogP contribution in [0.3, 0.4) is 0 Å². The molecule has 0 saturated heterocycles. The van der Waals surface area contributed by atoms with E-state index in [-0.39, 0.29) is 11.9 Å². The van der Waals surface area contributed by atoms with Gasteiger partial charge >= 0.3 is 0 Å². The van der Waals surface area contributed by atoms with E-state index in [1.54, 1.807) is 18.6 Å². The normalized spacial score (nSPS) is 12.3. The van der Waals surface area contributed by atoms with Gasteiger partial charge in [0.05, 0.1) is 12.9 Å². The van der Waals surface area contributed by atoms with E-state index < -0.39 is 0 Å². The van der Waals surface area contributed by atoms with E-state index in [9.17, 15) is 4.39 Å². The Morgan fingerprint density at radius 2 is 2.30 bits per heavy atom. The first-order valence-corrected chi connectivity index (χ1v) is 6.77. The summed E-state index contributed by atoms with van der Waals surface area (Å²) in [6.45, 7) is 3.33. The van der Waals surface area contributed by atoms with Gasteiger partial charge in [-0.15, -0.1) is 0 Å². The number of rotatable bonds is 7. The zero-order valence-electron chi connectivity index (χ0n) is 11.6. The Hall–Kier alpha value is -1.88. The van der Waals surface area contributed by atoms with Crippen LogP contribution in [0.1, 0.15) is 18.9 Å². The Kier molecular flexibility index (Phi) is 5.12. The van der Waals surface area contributed by atoms with E-state index >= 15 is 0 Å². The summed E-state index contributed by atoms with van der Waals surface area (Å²) in [6, 6.07) is 4.56. The number of aryl methyl sites for hydroxylation is 1. The molecule has 1 aromatic heterocycles. The van der Waals surface area contributed by atoms with Crippen LogP contribution in [0.5, 0.6) is 5.75 Å². The number of ether oxygens (including phenoxy) is 1. The van der Waals surface area contributed by atoms with E-state index in [0.717, 1.165) is 18.5 Å². The molecule has 0 radical (unpaired) electrons. The van der Waals surface area contributed by atoms with Crippen molar-refractivity contribution in [3.8, 4) is 5.75 Å². The Balaban J connectivity index is 1.88. The molecule has 108 valence electrons. The maximum Gasteiger partial charge on any atom is 0.123 e. The summed E-state index contributed by atoms with van der Waals surface area (Å²) in [5.74, 6) is 0.459. The Morgan fingerprint density at radius 1 is 1.45 bits per heavy atom. The molecule has 1 atom stereocenters. The van der Waals surface area contributed by atoms with Crippen LogP contribution in [0, 0.1) is 5.82 Å². The molecule has 0 aliphatic carbocycles. The van der Waals surface area contributed by atoms with Crippen molar-refractivity contribution in [2.24, 2.45) is 5.73 Å². The van der Waals surface area contributed by atoms with Crippen molar-refractivity contribution in [3.63, 3.8) is 0 Å². The quantitative estimate of drug-likeness (QED) is 0.791. The number of aromatic nitrogens is 2. The summed E-state index contributed by atoms with van der Waals surface area (Å²) in [6.07, 6.45) is 6.92. The Labute approximate surface area is 118 Å². The summed E-state index contributed by atoms with van der Waals surface area (Å²) >= 11 is 0. The average molecular weight is 277 g/mol. The fourth-order valence-corrected chi connectivity index (χ4v) is 2.04. The maximum atomic E-state index is 13.3. The number of benzene rings is 1. The van der Waals surface area contributed by atoms with Crippen LogP contribution in [-0.2, 0) is 13.0 Å². The average Bonchev–Trinajstić information content (AvgIpc) is 2.89. The van der Waals surface area contributed by atoms with Crippen LogP contribution < -0.4 is 10.5 Å². The highest BCUT2D eigenvalue weighted by atomic mass is 19.1. The van der Waals surface area contributed by atoms with Gasteiger partial charge in [-0.3, -0.25) is 0 Å². The van der Waals surface area contributed by atoms with Crippen molar-refractivity contribution >= 4 is 0 Å². The van der Waals surface area contributed by atoms with Crippen LogP contribution in [0.2, 0.25) is 0 Å². The summed E-state index contributed by atoms with van der Waals surface area (Å²) in [7, 11) is 0. The minimum Gasteiger partial charge on any atom is -0.493 e. The molecule has 4 nitrogen and oxygen atoms in total. The van der Waals surface area contributed by atoms with E-state index in [1.165, 1.54) is 12.1 Å². The summed E-state index contributed by atoms with van der Waals surface area (Å²) in [5.41, 5.74) is 6.60. The largest absolute Gasteiger partial charge is 0.493 e. The molecule has 1 unspecified atom stereocenters. The Morgan fingerprint density at radius 3 is 3.00 bits per heavy atom. The van der Waals surface area contributed by atoms with Gasteiger partial charge < -0.3 is 15.0 Å². The second-order valence-corrected chi connectivity index (χ2v) is 4.94. The van der Waals surface area contributed by atoms with Crippen LogP contribution in [0.4, 0.5) is 4.39 Å². The van der Waals surface area contributed by atoms with Crippen LogP contribution >= 0.6 is 0 Å². The maximum absolute atomic E-state index is 13.3. The molecule has 0 bridgehead atoms. The second kappa shape index (κ2) is 7.05. The van der Waals surface area contributed by atoms with Gasteiger partial charge in [0.15, 0.2) is 0 Å². The van der Waals surface area contributed by atoms with E-state index in [2.05, 4.69) is 4.98 Å². The number of nitrogens with zero attached hydrogens (tertiary/aromatic N) is 2. The minimum atomic E-state index is -0.258. The molecule has 2 N–H and O–H groups in total. The zero-order valence-corrected chi connectivity index (χ0v) is 11.6. The van der Waals surface area contributed by atoms with Crippen molar-refractivity contribution in [2.45, 2.75) is 32.4 Å². The first kappa shape index (κ1) is 14.5. The monoisotopic (exact) mass is 277 g/mol. The molecule has 0 fully saturated rings. The van der Waals surface area contributed by atoms with Crippen LogP contribution in [0.15, 0.2) is 36.9 Å². The lowest BCUT2D eigenvalue weighted by molar-refractivity contribution is 0.298. The van der Waals surface area contributed by atoms with Gasteiger partial charge in [-0.25, -0.2) is 9.37 Å². The van der Waals surface area contributed by atoms with Gasteiger partial charge in [0.1, 0.15) is 11.6 Å². The highest BCUT2D eigenvalue weighted by Gasteiger charge is 2.07. The SMILES string of the molecule is CC(N)Cc1cc(F)ccc1OCCCn1ccnc1. The van der Waals surface area contributed by atoms with E-state index in [0.29, 0.717) is 18.8 Å². The van der Waals surface area contributed by atoms with Gasteiger partial charge in [0, 0.05) is 25.0 Å². The zero-order chi connectivity index (χ0) is 14.4. The Bertz CT molecular complexity index is 526. The smallest absolute Gasteiger partial charge is 0.123 e. The van der Waals surface area contributed by atoms with Gasteiger partial charge in [0.2, 0.25) is 0 Å². The van der Waals surface area contributed by atoms with Crippen molar-refractivity contribution in [2.75, 3.05) is 6.61 Å². The van der Waals surface area contributed by atoms with Gasteiger partial charge in [-0.1, -0.05) is 0 Å². The third-order valence-electron chi connectivity index (χ3n) is 2.94. The lowest BCUT2D eigenvalue weighted by Crippen LogP contribution is -2.18. The summed E-state index contributed by atoms with van der Waals surface area (Å²) in [4.78, 5) is 3.98. The predicted molar refractivity (Wildman–Crippen MR) is 76.1 cm³/mol. The third kappa shape index (κ3) is 4.35. The second-order valence-electron chi connectivity index (χ2n) is 4.94. The summed E-state index contributed by atoms with van der Waals surface area (Å²) < 4.78 is 21.0. The molecule has 1 aromatic carbocycles. The molecule has 2 aromatic rings. The number of halogens is 1. The topological polar surface area (TPSA) is 53.1 Å². The number of nitrogens with two attached hydrogens (primary N) is 1. The molecule has 0 amide bonds. The number of imidazole rings is 1. The summed E-state index contributed by atoms with van der Waals surface area (Å²) in [5, 5.41) is 0. The third-order valence-corrected chi connectivity index (χ3v) is 2.94. The first-order chi connectivity index (χ1) is 9.65. The number of hydrogen-bond acceptors (Lipinski definition) is 3. The lowest BCUT2D eigenvalue weighted by atomic mass is 10.1. The van der Waals surface area contributed by atoms with Crippen molar-refractivity contribution in [1.29, 1.82) is 0 Å². The van der Waals surface area contributed by atoms with Crippen molar-refractivity contribution < 1.29 is 9.13 Å². The molecule has 0 saturated carbocycles. The van der Waals surface area contributed by atoms with Gasteiger partial charge in [-0.05, 0) is 43.5 Å². The minimum absolute atomic E-state index is 0.0231. The number of hydrogen-bond donors (Lipinski definition) is 1. The van der Waals surface area contributed by atoms with Crippen molar-refractivity contribution in [1.82, 2.24) is 9.55 Å². The standard InChI is InChI=1S/C15H20FN3O/c1-12(17)9-13-10-14(16)3-4-15(13)20-8-2-6-19-7-5-18-11-19/h3-5,7,10-12H,2,6,8-9,17H2,1H3.